The fraction of sp³-hybridized carbons (Fsp3) is 0.857. The predicted octanol–water partition coefficient (Wildman–Crippen LogP) is 2.12. The van der Waals surface area contributed by atoms with Gasteiger partial charge in [0.05, 0.1) is 0 Å². The number of nitrogens with zero attached hydrogens (tertiary/aromatic N) is 2. The number of urea groups is 1. The highest BCUT2D eigenvalue weighted by Crippen LogP contribution is 2.27. The lowest BCUT2D eigenvalue weighted by molar-refractivity contribution is -0.138. The van der Waals surface area contributed by atoms with Gasteiger partial charge in [-0.1, -0.05) is 6.92 Å². The Hall–Kier alpha value is -0.910. The van der Waals surface area contributed by atoms with E-state index in [4.69, 9.17) is 5.11 Å². The minimum absolute atomic E-state index is 0.0970. The van der Waals surface area contributed by atoms with Crippen LogP contribution < -0.4 is 0 Å². The van der Waals surface area contributed by atoms with Gasteiger partial charge >= 0.3 is 12.0 Å². The molecular weight excluding hydrogens is 276 g/mol. The largest absolute Gasteiger partial charge is 0.481 e. The molecule has 2 aliphatic rings. The van der Waals surface area contributed by atoms with Gasteiger partial charge in [-0.3, -0.25) is 4.79 Å². The molecule has 0 aliphatic carbocycles. The van der Waals surface area contributed by atoms with E-state index in [1.54, 1.807) is 0 Å². The molecule has 1 N–H and O–H groups in total. The monoisotopic (exact) mass is 300 g/mol. The molecule has 6 heteroatoms. The van der Waals surface area contributed by atoms with Crippen LogP contribution in [0.5, 0.6) is 0 Å². The van der Waals surface area contributed by atoms with Crippen molar-refractivity contribution in [2.45, 2.75) is 44.4 Å². The first-order chi connectivity index (χ1) is 9.49. The first kappa shape index (κ1) is 15.5. The number of amides is 2. The molecule has 2 saturated heterocycles. The highest BCUT2D eigenvalue weighted by Gasteiger charge is 2.33. The standard InChI is InChI=1S/C14H24N2O3S/c1-10-11(2)20-7-6-16(10)14(19)15-5-3-4-12(9-15)8-13(17)18/h10-12H,3-9H2,1-2H3,(H,17,18). The van der Waals surface area contributed by atoms with E-state index in [1.165, 1.54) is 0 Å². The Morgan fingerprint density at radius 1 is 1.30 bits per heavy atom. The summed E-state index contributed by atoms with van der Waals surface area (Å²) in [5.74, 6) is 0.335. The van der Waals surface area contributed by atoms with Gasteiger partial charge in [0.25, 0.3) is 0 Å². The van der Waals surface area contributed by atoms with Gasteiger partial charge in [-0.15, -0.1) is 0 Å². The van der Waals surface area contributed by atoms with Gasteiger partial charge in [0.2, 0.25) is 0 Å². The summed E-state index contributed by atoms with van der Waals surface area (Å²) in [6.45, 7) is 6.43. The van der Waals surface area contributed by atoms with Crippen LogP contribution in [-0.4, -0.2) is 63.6 Å². The molecule has 114 valence electrons. The Bertz CT molecular complexity index is 377. The number of hydrogen-bond acceptors (Lipinski definition) is 3. The van der Waals surface area contributed by atoms with Gasteiger partial charge in [-0.25, -0.2) is 4.79 Å². The van der Waals surface area contributed by atoms with E-state index in [2.05, 4.69) is 13.8 Å². The van der Waals surface area contributed by atoms with Crippen LogP contribution >= 0.6 is 11.8 Å². The lowest BCUT2D eigenvalue weighted by Gasteiger charge is -2.42. The number of hydrogen-bond donors (Lipinski definition) is 1. The van der Waals surface area contributed by atoms with Crippen LogP contribution in [0.3, 0.4) is 0 Å². The van der Waals surface area contributed by atoms with Crippen LogP contribution in [0, 0.1) is 5.92 Å². The van der Waals surface area contributed by atoms with Crippen molar-refractivity contribution in [3.8, 4) is 0 Å². The third-order valence-corrected chi connectivity index (χ3v) is 5.72. The van der Waals surface area contributed by atoms with Gasteiger partial charge < -0.3 is 14.9 Å². The lowest BCUT2D eigenvalue weighted by atomic mass is 9.95. The summed E-state index contributed by atoms with van der Waals surface area (Å²) in [4.78, 5) is 27.3. The van der Waals surface area contributed by atoms with Crippen LogP contribution in [0.15, 0.2) is 0 Å². The normalized spacial score (nSPS) is 31.2. The molecule has 5 nitrogen and oxygen atoms in total. The average molecular weight is 300 g/mol. The quantitative estimate of drug-likeness (QED) is 0.848. The maximum atomic E-state index is 12.6. The summed E-state index contributed by atoms with van der Waals surface area (Å²) >= 11 is 1.91. The molecule has 3 unspecified atom stereocenters. The molecule has 0 spiro atoms. The summed E-state index contributed by atoms with van der Waals surface area (Å²) < 4.78 is 0. The van der Waals surface area contributed by atoms with E-state index in [-0.39, 0.29) is 24.4 Å². The molecular formula is C14H24N2O3S. The van der Waals surface area contributed by atoms with Crippen molar-refractivity contribution in [3.63, 3.8) is 0 Å². The van der Waals surface area contributed by atoms with Crippen molar-refractivity contribution in [3.05, 3.63) is 0 Å². The summed E-state index contributed by atoms with van der Waals surface area (Å²) in [5.41, 5.74) is 0. The number of thioether (sulfide) groups is 1. The van der Waals surface area contributed by atoms with E-state index in [0.717, 1.165) is 31.7 Å². The number of carbonyl (C=O) groups excluding carboxylic acids is 1. The van der Waals surface area contributed by atoms with Crippen LogP contribution in [-0.2, 0) is 4.79 Å². The summed E-state index contributed by atoms with van der Waals surface area (Å²) in [6, 6.07) is 0.348. The summed E-state index contributed by atoms with van der Waals surface area (Å²) in [7, 11) is 0. The topological polar surface area (TPSA) is 60.9 Å². The molecule has 0 aromatic heterocycles. The number of carboxylic acid groups (broad SMARTS) is 1. The molecule has 2 heterocycles. The molecule has 20 heavy (non-hydrogen) atoms. The second-order valence-corrected chi connectivity index (χ2v) is 7.33. The second kappa shape index (κ2) is 6.70. The van der Waals surface area contributed by atoms with Crippen LogP contribution in [0.25, 0.3) is 0 Å². The zero-order chi connectivity index (χ0) is 14.7. The third kappa shape index (κ3) is 3.59. The Morgan fingerprint density at radius 2 is 2.05 bits per heavy atom. The van der Waals surface area contributed by atoms with Crippen molar-refractivity contribution in [2.75, 3.05) is 25.4 Å². The number of aliphatic carboxylic acids is 1. The molecule has 0 radical (unpaired) electrons. The number of likely N-dealkylation sites (tertiary alicyclic amines) is 1. The number of piperidine rings is 1. The smallest absolute Gasteiger partial charge is 0.320 e. The Balaban J connectivity index is 1.95. The van der Waals surface area contributed by atoms with Crippen molar-refractivity contribution in [1.29, 1.82) is 0 Å². The molecule has 2 rings (SSSR count). The molecule has 0 saturated carbocycles. The molecule has 0 bridgehead atoms. The lowest BCUT2D eigenvalue weighted by Crippen LogP contribution is -2.55. The molecule has 2 aliphatic heterocycles. The fourth-order valence-corrected chi connectivity index (χ4v) is 4.14. The van der Waals surface area contributed by atoms with Gasteiger partial charge in [-0.2, -0.15) is 11.8 Å². The van der Waals surface area contributed by atoms with E-state index in [1.807, 2.05) is 21.6 Å². The molecule has 2 amide bonds. The van der Waals surface area contributed by atoms with E-state index >= 15 is 0 Å². The molecule has 0 aromatic rings. The maximum Gasteiger partial charge on any atom is 0.320 e. The zero-order valence-electron chi connectivity index (χ0n) is 12.2. The second-order valence-electron chi connectivity index (χ2n) is 5.84. The first-order valence-electron chi connectivity index (χ1n) is 7.38. The zero-order valence-corrected chi connectivity index (χ0v) is 13.1. The Labute approximate surface area is 124 Å². The third-order valence-electron chi connectivity index (χ3n) is 4.38. The maximum absolute atomic E-state index is 12.6. The minimum Gasteiger partial charge on any atom is -0.481 e. The molecule has 3 atom stereocenters. The van der Waals surface area contributed by atoms with Crippen molar-refractivity contribution >= 4 is 23.8 Å². The SMILES string of the molecule is CC1SCCN(C(=O)N2CCCC(CC(=O)O)C2)C1C. The van der Waals surface area contributed by atoms with Gasteiger partial charge in [0.15, 0.2) is 0 Å². The molecule has 2 fully saturated rings. The number of rotatable bonds is 2. The summed E-state index contributed by atoms with van der Waals surface area (Å²) in [5, 5.41) is 9.36. The van der Waals surface area contributed by atoms with Crippen molar-refractivity contribution in [2.24, 2.45) is 5.92 Å². The fourth-order valence-electron chi connectivity index (χ4n) is 3.04. The van der Waals surface area contributed by atoms with Crippen LogP contribution in [0.4, 0.5) is 4.79 Å². The van der Waals surface area contributed by atoms with Crippen molar-refractivity contribution in [1.82, 2.24) is 9.80 Å². The van der Waals surface area contributed by atoms with Crippen molar-refractivity contribution < 1.29 is 14.7 Å². The molecule has 0 aromatic carbocycles. The highest BCUT2D eigenvalue weighted by molar-refractivity contribution is 8.00. The Morgan fingerprint density at radius 3 is 2.75 bits per heavy atom. The van der Waals surface area contributed by atoms with Gasteiger partial charge in [0, 0.05) is 43.1 Å². The van der Waals surface area contributed by atoms with Gasteiger partial charge in [-0.05, 0) is 25.7 Å². The number of carboxylic acids is 1. The average Bonchev–Trinajstić information content (AvgIpc) is 2.41. The minimum atomic E-state index is -0.763. The number of carbonyl (C=O) groups is 2. The summed E-state index contributed by atoms with van der Waals surface area (Å²) in [6.07, 6.45) is 2.00. The van der Waals surface area contributed by atoms with Gasteiger partial charge in [0.1, 0.15) is 0 Å². The van der Waals surface area contributed by atoms with Crippen LogP contribution in [0.1, 0.15) is 33.1 Å². The Kier molecular flexibility index (Phi) is 5.18. The predicted molar refractivity (Wildman–Crippen MR) is 80.0 cm³/mol. The van der Waals surface area contributed by atoms with E-state index in [0.29, 0.717) is 11.8 Å². The van der Waals surface area contributed by atoms with E-state index < -0.39 is 5.97 Å². The highest BCUT2D eigenvalue weighted by atomic mass is 32.2. The van der Waals surface area contributed by atoms with Crippen LogP contribution in [0.2, 0.25) is 0 Å². The first-order valence-corrected chi connectivity index (χ1v) is 8.43. The van der Waals surface area contributed by atoms with E-state index in [9.17, 15) is 9.59 Å².